The Labute approximate surface area is 180 Å². The lowest BCUT2D eigenvalue weighted by molar-refractivity contribution is -0.119. The van der Waals surface area contributed by atoms with Crippen LogP contribution in [0, 0.1) is 0 Å². The maximum absolute atomic E-state index is 12.8. The van der Waals surface area contributed by atoms with Gasteiger partial charge in [-0.15, -0.1) is 0 Å². The SMILES string of the molecule is COc1ccc(C(=O)O)cc1Nc1ccc2c(n1)N(C1CCOCC1)[C@H](C)C(=O)N2C. The van der Waals surface area contributed by atoms with Gasteiger partial charge in [-0.05, 0) is 50.1 Å². The van der Waals surface area contributed by atoms with Gasteiger partial charge in [0.15, 0.2) is 5.82 Å². The molecule has 1 fully saturated rings. The van der Waals surface area contributed by atoms with E-state index in [4.69, 9.17) is 14.5 Å². The third-order valence-electron chi connectivity index (χ3n) is 5.86. The van der Waals surface area contributed by atoms with Crippen LogP contribution in [0.4, 0.5) is 23.0 Å². The number of carboxylic acid groups (broad SMARTS) is 1. The van der Waals surface area contributed by atoms with E-state index in [2.05, 4.69) is 10.2 Å². The summed E-state index contributed by atoms with van der Waals surface area (Å²) in [5, 5.41) is 12.5. The summed E-state index contributed by atoms with van der Waals surface area (Å²) in [5.74, 6) is 0.763. The van der Waals surface area contributed by atoms with Crippen molar-refractivity contribution >= 4 is 34.9 Å². The molecule has 0 spiro atoms. The van der Waals surface area contributed by atoms with Gasteiger partial charge in [0.1, 0.15) is 17.6 Å². The van der Waals surface area contributed by atoms with E-state index in [1.165, 1.54) is 19.2 Å². The maximum Gasteiger partial charge on any atom is 0.335 e. The molecule has 9 heteroatoms. The Morgan fingerprint density at radius 2 is 2.00 bits per heavy atom. The van der Waals surface area contributed by atoms with Gasteiger partial charge in [-0.3, -0.25) is 4.79 Å². The summed E-state index contributed by atoms with van der Waals surface area (Å²) in [4.78, 5) is 32.8. The molecular weight excluding hydrogens is 400 g/mol. The number of anilines is 4. The molecule has 2 N–H and O–H groups in total. The lowest BCUT2D eigenvalue weighted by atomic mass is 10.0. The van der Waals surface area contributed by atoms with Crippen LogP contribution in [-0.4, -0.2) is 61.4 Å². The van der Waals surface area contributed by atoms with Gasteiger partial charge in [-0.1, -0.05) is 0 Å². The van der Waals surface area contributed by atoms with Crippen LogP contribution in [0.3, 0.4) is 0 Å². The predicted molar refractivity (Wildman–Crippen MR) is 117 cm³/mol. The molecule has 2 aliphatic rings. The number of benzene rings is 1. The van der Waals surface area contributed by atoms with Gasteiger partial charge in [-0.2, -0.15) is 0 Å². The third kappa shape index (κ3) is 3.88. The zero-order valence-corrected chi connectivity index (χ0v) is 17.8. The first kappa shape index (κ1) is 20.9. The van der Waals surface area contributed by atoms with Crippen molar-refractivity contribution in [1.29, 1.82) is 0 Å². The van der Waals surface area contributed by atoms with Crippen molar-refractivity contribution in [3.63, 3.8) is 0 Å². The van der Waals surface area contributed by atoms with Gasteiger partial charge in [-0.25, -0.2) is 9.78 Å². The Morgan fingerprint density at radius 3 is 2.68 bits per heavy atom. The number of aromatic carboxylic acids is 1. The second kappa shape index (κ2) is 8.43. The highest BCUT2D eigenvalue weighted by molar-refractivity contribution is 6.04. The van der Waals surface area contributed by atoms with Crippen LogP contribution in [0.15, 0.2) is 30.3 Å². The van der Waals surface area contributed by atoms with Crippen molar-refractivity contribution in [1.82, 2.24) is 4.98 Å². The number of ether oxygens (including phenoxy) is 2. The molecule has 2 aromatic rings. The summed E-state index contributed by atoms with van der Waals surface area (Å²) in [6.45, 7) is 3.22. The highest BCUT2D eigenvalue weighted by atomic mass is 16.5. The number of likely N-dealkylation sites (N-methyl/N-ethyl adjacent to an activating group) is 1. The van der Waals surface area contributed by atoms with Crippen LogP contribution in [-0.2, 0) is 9.53 Å². The number of rotatable bonds is 5. The standard InChI is InChI=1S/C22H26N4O5/c1-13-21(27)25(2)17-5-7-19(24-20(17)26(13)15-8-10-31-11-9-15)23-16-12-14(22(28)29)4-6-18(16)30-3/h4-7,12-13,15H,8-11H2,1-3H3,(H,23,24)(H,28,29)/t13-/m1/s1. The summed E-state index contributed by atoms with van der Waals surface area (Å²) in [6, 6.07) is 8.05. The van der Waals surface area contributed by atoms with Crippen LogP contribution < -0.4 is 19.9 Å². The largest absolute Gasteiger partial charge is 0.495 e. The quantitative estimate of drug-likeness (QED) is 0.752. The van der Waals surface area contributed by atoms with Crippen molar-refractivity contribution in [2.24, 2.45) is 0 Å². The molecule has 4 rings (SSSR count). The molecule has 3 heterocycles. The van der Waals surface area contributed by atoms with Crippen molar-refractivity contribution < 1.29 is 24.2 Å². The zero-order chi connectivity index (χ0) is 22.1. The topological polar surface area (TPSA) is 104 Å². The lowest BCUT2D eigenvalue weighted by Crippen LogP contribution is -2.56. The minimum atomic E-state index is -1.02. The Balaban J connectivity index is 1.73. The van der Waals surface area contributed by atoms with Gasteiger partial charge >= 0.3 is 5.97 Å². The molecule has 1 aromatic heterocycles. The highest BCUT2D eigenvalue weighted by Crippen LogP contribution is 2.39. The fourth-order valence-corrected chi connectivity index (χ4v) is 4.19. The molecule has 0 aliphatic carbocycles. The molecule has 0 bridgehead atoms. The summed E-state index contributed by atoms with van der Waals surface area (Å²) in [6.07, 6.45) is 1.66. The molecule has 0 unspecified atom stereocenters. The predicted octanol–water partition coefficient (Wildman–Crippen LogP) is 2.88. The number of pyridine rings is 1. The summed E-state index contributed by atoms with van der Waals surface area (Å²) in [7, 11) is 3.28. The summed E-state index contributed by atoms with van der Waals surface area (Å²) >= 11 is 0. The van der Waals surface area contributed by atoms with Gasteiger partial charge < -0.3 is 29.7 Å². The van der Waals surface area contributed by atoms with Crippen molar-refractivity contribution in [3.8, 4) is 5.75 Å². The van der Waals surface area contributed by atoms with Gasteiger partial charge in [0.2, 0.25) is 5.91 Å². The molecule has 1 saturated heterocycles. The maximum atomic E-state index is 12.8. The average molecular weight is 426 g/mol. The fraction of sp³-hybridized carbons (Fsp3) is 0.409. The number of fused-ring (bicyclic) bond motifs is 1. The van der Waals surface area contributed by atoms with Crippen LogP contribution in [0.5, 0.6) is 5.75 Å². The van der Waals surface area contributed by atoms with Gasteiger partial charge in [0.25, 0.3) is 0 Å². The van der Waals surface area contributed by atoms with E-state index in [1.807, 2.05) is 13.0 Å². The van der Waals surface area contributed by atoms with E-state index >= 15 is 0 Å². The van der Waals surface area contributed by atoms with E-state index in [-0.39, 0.29) is 23.6 Å². The number of carbonyl (C=O) groups is 2. The van der Waals surface area contributed by atoms with Gasteiger partial charge in [0.05, 0.1) is 24.0 Å². The van der Waals surface area contributed by atoms with E-state index in [0.29, 0.717) is 30.5 Å². The second-order valence-electron chi connectivity index (χ2n) is 7.71. The number of aromatic nitrogens is 1. The zero-order valence-electron chi connectivity index (χ0n) is 17.8. The molecule has 1 aromatic carbocycles. The molecule has 0 radical (unpaired) electrons. The average Bonchev–Trinajstić information content (AvgIpc) is 2.78. The van der Waals surface area contributed by atoms with E-state index in [1.54, 1.807) is 24.1 Å². The molecule has 9 nitrogen and oxygen atoms in total. The smallest absolute Gasteiger partial charge is 0.335 e. The highest BCUT2D eigenvalue weighted by Gasteiger charge is 2.39. The fourth-order valence-electron chi connectivity index (χ4n) is 4.19. The van der Waals surface area contributed by atoms with Crippen LogP contribution in [0.25, 0.3) is 0 Å². The number of methoxy groups -OCH3 is 1. The Bertz CT molecular complexity index is 1010. The first-order valence-electron chi connectivity index (χ1n) is 10.2. The molecule has 2 aliphatic heterocycles. The third-order valence-corrected chi connectivity index (χ3v) is 5.86. The summed E-state index contributed by atoms with van der Waals surface area (Å²) < 4.78 is 10.9. The minimum Gasteiger partial charge on any atom is -0.495 e. The normalized spacial score (nSPS) is 19.2. The number of nitrogens with one attached hydrogen (secondary N) is 1. The van der Waals surface area contributed by atoms with Crippen LogP contribution in [0.2, 0.25) is 0 Å². The van der Waals surface area contributed by atoms with Gasteiger partial charge in [0, 0.05) is 26.3 Å². The number of amides is 1. The van der Waals surface area contributed by atoms with Crippen LogP contribution >= 0.6 is 0 Å². The lowest BCUT2D eigenvalue weighted by Gasteiger charge is -2.44. The monoisotopic (exact) mass is 426 g/mol. The summed E-state index contributed by atoms with van der Waals surface area (Å²) in [5.41, 5.74) is 1.39. The van der Waals surface area contributed by atoms with E-state index < -0.39 is 5.97 Å². The number of nitrogens with zero attached hydrogens (tertiary/aromatic N) is 3. The van der Waals surface area contributed by atoms with Crippen molar-refractivity contribution in [2.75, 3.05) is 42.5 Å². The number of carbonyl (C=O) groups excluding carboxylic acids is 1. The Hall–Kier alpha value is -3.33. The Morgan fingerprint density at radius 1 is 1.26 bits per heavy atom. The van der Waals surface area contributed by atoms with Crippen LogP contribution in [0.1, 0.15) is 30.1 Å². The number of carboxylic acids is 1. The Kier molecular flexibility index (Phi) is 5.69. The molecular formula is C22H26N4O5. The number of hydrogen-bond acceptors (Lipinski definition) is 7. The molecule has 1 atom stereocenters. The first-order valence-corrected chi connectivity index (χ1v) is 10.2. The van der Waals surface area contributed by atoms with Crippen molar-refractivity contribution in [3.05, 3.63) is 35.9 Å². The molecule has 164 valence electrons. The van der Waals surface area contributed by atoms with E-state index in [9.17, 15) is 14.7 Å². The molecule has 0 saturated carbocycles. The van der Waals surface area contributed by atoms with E-state index in [0.717, 1.165) is 24.3 Å². The second-order valence-corrected chi connectivity index (χ2v) is 7.71. The number of hydrogen-bond donors (Lipinski definition) is 2. The minimum absolute atomic E-state index is 0.0253. The first-order chi connectivity index (χ1) is 14.9. The molecule has 31 heavy (non-hydrogen) atoms. The van der Waals surface area contributed by atoms with Crippen molar-refractivity contribution in [2.45, 2.75) is 31.8 Å². The molecule has 1 amide bonds.